The van der Waals surface area contributed by atoms with Crippen LogP contribution in [0.4, 0.5) is 0 Å². The Morgan fingerprint density at radius 1 is 1.03 bits per heavy atom. The first-order valence-corrected chi connectivity index (χ1v) is 11.4. The van der Waals surface area contributed by atoms with Gasteiger partial charge in [0, 0.05) is 26.1 Å². The fourth-order valence-corrected chi connectivity index (χ4v) is 3.78. The van der Waals surface area contributed by atoms with E-state index >= 15 is 0 Å². The first kappa shape index (κ1) is 24.7. The molecule has 0 spiro atoms. The quantitative estimate of drug-likeness (QED) is 0.453. The third-order valence-corrected chi connectivity index (χ3v) is 5.63. The molecule has 0 aromatic heterocycles. The van der Waals surface area contributed by atoms with Crippen LogP contribution in [-0.4, -0.2) is 31.0 Å². The highest BCUT2D eigenvalue weighted by atomic mass is 16.5. The molecule has 0 aliphatic carbocycles. The topological polar surface area (TPSA) is 64.8 Å². The van der Waals surface area contributed by atoms with Crippen molar-refractivity contribution in [1.82, 2.24) is 4.90 Å². The maximum absolute atomic E-state index is 12.9. The Morgan fingerprint density at radius 2 is 1.81 bits per heavy atom. The number of ether oxygens (including phenoxy) is 2. The summed E-state index contributed by atoms with van der Waals surface area (Å²) < 4.78 is 11.5. The van der Waals surface area contributed by atoms with E-state index in [0.717, 1.165) is 30.4 Å². The Morgan fingerprint density at radius 3 is 2.45 bits per heavy atom. The fourth-order valence-electron chi connectivity index (χ4n) is 3.78. The molecule has 0 saturated heterocycles. The molecule has 0 aliphatic rings. The molecule has 2 aromatic rings. The summed E-state index contributed by atoms with van der Waals surface area (Å²) in [6.45, 7) is 6.41. The van der Waals surface area contributed by atoms with Gasteiger partial charge >= 0.3 is 0 Å². The maximum Gasteiger partial charge on any atom is 0.222 e. The normalized spacial score (nSPS) is 11.7. The molecule has 0 bridgehead atoms. The standard InChI is InChI=1S/C26H38N2O3/c1-4-9-21(5-2)13-15-26(29)28(17-16-27)19-23-12-14-24(25(18-23)30-3)31-20-22-10-7-6-8-11-22/h6-8,10-12,14,18,21H,4-5,9,13,15-17,19-20,27H2,1-3H3. The zero-order valence-electron chi connectivity index (χ0n) is 19.3. The molecule has 170 valence electrons. The number of benzene rings is 2. The van der Waals surface area contributed by atoms with Gasteiger partial charge in [-0.05, 0) is 35.6 Å². The number of nitrogens with two attached hydrogens (primary N) is 1. The van der Waals surface area contributed by atoms with Crippen LogP contribution in [0.2, 0.25) is 0 Å². The summed E-state index contributed by atoms with van der Waals surface area (Å²) in [6, 6.07) is 15.9. The van der Waals surface area contributed by atoms with E-state index in [9.17, 15) is 4.79 Å². The fraction of sp³-hybridized carbons (Fsp3) is 0.500. The van der Waals surface area contributed by atoms with Gasteiger partial charge in [0.25, 0.3) is 0 Å². The molecular weight excluding hydrogens is 388 g/mol. The zero-order valence-corrected chi connectivity index (χ0v) is 19.3. The molecule has 0 fully saturated rings. The van der Waals surface area contributed by atoms with Crippen LogP contribution in [0.3, 0.4) is 0 Å². The van der Waals surface area contributed by atoms with Crippen LogP contribution < -0.4 is 15.2 Å². The predicted molar refractivity (Wildman–Crippen MR) is 126 cm³/mol. The minimum atomic E-state index is 0.170. The number of methoxy groups -OCH3 is 1. The van der Waals surface area contributed by atoms with Crippen LogP contribution in [0.1, 0.15) is 57.1 Å². The van der Waals surface area contributed by atoms with Crippen molar-refractivity contribution in [3.05, 3.63) is 59.7 Å². The average Bonchev–Trinajstić information content (AvgIpc) is 2.80. The Hall–Kier alpha value is -2.53. The lowest BCUT2D eigenvalue weighted by molar-refractivity contribution is -0.132. The molecule has 1 amide bonds. The SMILES string of the molecule is CCCC(CC)CCC(=O)N(CCN)Cc1ccc(OCc2ccccc2)c(OC)c1. The second kappa shape index (κ2) is 13.7. The molecule has 2 rings (SSSR count). The second-order valence-corrected chi connectivity index (χ2v) is 7.97. The van der Waals surface area contributed by atoms with Crippen molar-refractivity contribution in [2.75, 3.05) is 20.2 Å². The van der Waals surface area contributed by atoms with E-state index in [-0.39, 0.29) is 5.91 Å². The summed E-state index contributed by atoms with van der Waals surface area (Å²) in [5, 5.41) is 0. The summed E-state index contributed by atoms with van der Waals surface area (Å²) in [5.74, 6) is 2.15. The molecule has 1 unspecified atom stereocenters. The van der Waals surface area contributed by atoms with Crippen molar-refractivity contribution in [2.45, 2.75) is 59.1 Å². The first-order chi connectivity index (χ1) is 15.1. The van der Waals surface area contributed by atoms with E-state index in [0.29, 0.717) is 50.1 Å². The number of rotatable bonds is 14. The van der Waals surface area contributed by atoms with E-state index in [2.05, 4.69) is 13.8 Å². The summed E-state index contributed by atoms with van der Waals surface area (Å²) in [4.78, 5) is 14.7. The van der Waals surface area contributed by atoms with E-state index in [1.807, 2.05) is 53.4 Å². The summed E-state index contributed by atoms with van der Waals surface area (Å²) in [5.41, 5.74) is 7.89. The number of carbonyl (C=O) groups excluding carboxylic acids is 1. The van der Waals surface area contributed by atoms with Crippen LogP contribution in [-0.2, 0) is 17.9 Å². The van der Waals surface area contributed by atoms with Crippen molar-refractivity contribution in [1.29, 1.82) is 0 Å². The van der Waals surface area contributed by atoms with E-state index in [1.165, 1.54) is 6.42 Å². The summed E-state index contributed by atoms with van der Waals surface area (Å²) in [6.07, 6.45) is 4.99. The van der Waals surface area contributed by atoms with E-state index < -0.39 is 0 Å². The monoisotopic (exact) mass is 426 g/mol. The highest BCUT2D eigenvalue weighted by molar-refractivity contribution is 5.76. The first-order valence-electron chi connectivity index (χ1n) is 11.4. The van der Waals surface area contributed by atoms with E-state index in [1.54, 1.807) is 7.11 Å². The van der Waals surface area contributed by atoms with Crippen LogP contribution >= 0.6 is 0 Å². The molecule has 0 radical (unpaired) electrons. The third-order valence-electron chi connectivity index (χ3n) is 5.63. The molecule has 5 nitrogen and oxygen atoms in total. The second-order valence-electron chi connectivity index (χ2n) is 7.97. The lowest BCUT2D eigenvalue weighted by Crippen LogP contribution is -2.35. The Labute approximate surface area is 187 Å². The number of nitrogens with zero attached hydrogens (tertiary/aromatic N) is 1. The van der Waals surface area contributed by atoms with Crippen LogP contribution in [0.15, 0.2) is 48.5 Å². The highest BCUT2D eigenvalue weighted by Gasteiger charge is 2.17. The Bertz CT molecular complexity index is 779. The van der Waals surface area contributed by atoms with Crippen molar-refractivity contribution in [3.63, 3.8) is 0 Å². The van der Waals surface area contributed by atoms with Crippen LogP contribution in [0.5, 0.6) is 11.5 Å². The third kappa shape index (κ3) is 8.25. The van der Waals surface area contributed by atoms with Crippen LogP contribution in [0, 0.1) is 5.92 Å². The van der Waals surface area contributed by atoms with Crippen molar-refractivity contribution in [2.24, 2.45) is 11.7 Å². The van der Waals surface area contributed by atoms with E-state index in [4.69, 9.17) is 15.2 Å². The molecule has 0 aliphatic heterocycles. The lowest BCUT2D eigenvalue weighted by atomic mass is 9.95. The molecule has 2 N–H and O–H groups in total. The molecule has 0 saturated carbocycles. The summed E-state index contributed by atoms with van der Waals surface area (Å²) >= 11 is 0. The van der Waals surface area contributed by atoms with Crippen molar-refractivity contribution < 1.29 is 14.3 Å². The molecule has 31 heavy (non-hydrogen) atoms. The number of amides is 1. The highest BCUT2D eigenvalue weighted by Crippen LogP contribution is 2.29. The van der Waals surface area contributed by atoms with Gasteiger partial charge in [-0.25, -0.2) is 0 Å². The molecule has 5 heteroatoms. The van der Waals surface area contributed by atoms with Gasteiger partial charge in [-0.1, -0.05) is 69.5 Å². The minimum absolute atomic E-state index is 0.170. The van der Waals surface area contributed by atoms with Gasteiger partial charge in [-0.3, -0.25) is 4.79 Å². The van der Waals surface area contributed by atoms with Crippen molar-refractivity contribution >= 4 is 5.91 Å². The molecular formula is C26H38N2O3. The average molecular weight is 427 g/mol. The lowest BCUT2D eigenvalue weighted by Gasteiger charge is -2.24. The predicted octanol–water partition coefficient (Wildman–Crippen LogP) is 5.17. The number of carbonyl (C=O) groups is 1. The zero-order chi connectivity index (χ0) is 22.5. The minimum Gasteiger partial charge on any atom is -0.493 e. The van der Waals surface area contributed by atoms with Gasteiger partial charge in [0.05, 0.1) is 7.11 Å². The van der Waals surface area contributed by atoms with Gasteiger partial charge in [-0.15, -0.1) is 0 Å². The van der Waals surface area contributed by atoms with Gasteiger partial charge in [-0.2, -0.15) is 0 Å². The van der Waals surface area contributed by atoms with Crippen molar-refractivity contribution in [3.8, 4) is 11.5 Å². The van der Waals surface area contributed by atoms with Crippen LogP contribution in [0.25, 0.3) is 0 Å². The maximum atomic E-state index is 12.9. The molecule has 0 heterocycles. The van der Waals surface area contributed by atoms with Gasteiger partial charge < -0.3 is 20.1 Å². The number of hydrogen-bond acceptors (Lipinski definition) is 4. The molecule has 2 aromatic carbocycles. The summed E-state index contributed by atoms with van der Waals surface area (Å²) in [7, 11) is 1.63. The van der Waals surface area contributed by atoms with Gasteiger partial charge in [0.2, 0.25) is 5.91 Å². The molecule has 1 atom stereocenters. The Balaban J connectivity index is 2.01. The van der Waals surface area contributed by atoms with Gasteiger partial charge in [0.1, 0.15) is 6.61 Å². The smallest absolute Gasteiger partial charge is 0.222 e. The Kier molecular flexibility index (Phi) is 10.9. The largest absolute Gasteiger partial charge is 0.493 e. The van der Waals surface area contributed by atoms with Gasteiger partial charge in [0.15, 0.2) is 11.5 Å². The number of hydrogen-bond donors (Lipinski definition) is 1.